The lowest BCUT2D eigenvalue weighted by molar-refractivity contribution is 0.0343. The summed E-state index contributed by atoms with van der Waals surface area (Å²) in [4.78, 5) is 2.81. The zero-order chi connectivity index (χ0) is 19.2. The molecule has 2 aromatic rings. The van der Waals surface area contributed by atoms with Crippen LogP contribution in [0.4, 0.5) is 0 Å². The molecule has 3 aliphatic heterocycles. The minimum absolute atomic E-state index is 0.151. The fraction of sp³-hybridized carbons (Fsp3) is 0.556. The Labute approximate surface area is 172 Å². The molecule has 3 aliphatic rings. The van der Waals surface area contributed by atoms with Crippen LogP contribution in [-0.4, -0.2) is 24.0 Å². The minimum Gasteiger partial charge on any atom is -0.300 e. The lowest BCUT2D eigenvalue weighted by atomic mass is 9.65. The fourth-order valence-corrected chi connectivity index (χ4v) is 5.86. The molecular weight excluding hydrogens is 338 g/mol. The number of benzene rings is 2. The molecule has 150 valence electrons. The van der Waals surface area contributed by atoms with Crippen molar-refractivity contribution in [3.05, 3.63) is 71.8 Å². The lowest BCUT2D eigenvalue weighted by Crippen LogP contribution is -2.51. The van der Waals surface area contributed by atoms with Crippen molar-refractivity contribution in [1.82, 2.24) is 4.90 Å². The molecule has 2 bridgehead atoms. The molecule has 0 N–H and O–H groups in total. The summed E-state index contributed by atoms with van der Waals surface area (Å²) in [7, 11) is 0. The predicted octanol–water partition coefficient (Wildman–Crippen LogP) is 6.82. The molecule has 2 aromatic carbocycles. The lowest BCUT2D eigenvalue weighted by Gasteiger charge is -2.49. The van der Waals surface area contributed by atoms with Gasteiger partial charge in [-0.25, -0.2) is 0 Å². The molecule has 0 saturated carbocycles. The molecule has 1 heteroatoms. The van der Waals surface area contributed by atoms with E-state index in [1.54, 1.807) is 0 Å². The number of fused-ring (bicyclic) bond motifs is 3. The Bertz CT molecular complexity index is 660. The van der Waals surface area contributed by atoms with Gasteiger partial charge in [-0.05, 0) is 62.2 Å². The summed E-state index contributed by atoms with van der Waals surface area (Å²) >= 11 is 0. The van der Waals surface area contributed by atoms with E-state index in [4.69, 9.17) is 0 Å². The van der Waals surface area contributed by atoms with Crippen LogP contribution in [-0.2, 0) is 5.41 Å². The van der Waals surface area contributed by atoms with Gasteiger partial charge in [0.2, 0.25) is 0 Å². The SMILES string of the molecule is CCCCCCC(CC1CC2CCN1CC2)(c1ccccc1)c1ccccc1. The summed E-state index contributed by atoms with van der Waals surface area (Å²) in [5.41, 5.74) is 3.21. The number of rotatable bonds is 9. The van der Waals surface area contributed by atoms with Crippen LogP contribution in [0.1, 0.15) is 75.8 Å². The number of unbranched alkanes of at least 4 members (excludes halogenated alkanes) is 3. The van der Waals surface area contributed by atoms with Gasteiger partial charge in [-0.15, -0.1) is 0 Å². The Morgan fingerprint density at radius 2 is 1.43 bits per heavy atom. The van der Waals surface area contributed by atoms with Gasteiger partial charge in [0.1, 0.15) is 0 Å². The van der Waals surface area contributed by atoms with Crippen LogP contribution in [0, 0.1) is 5.92 Å². The molecule has 1 atom stereocenters. The van der Waals surface area contributed by atoms with Crippen LogP contribution in [0.3, 0.4) is 0 Å². The summed E-state index contributed by atoms with van der Waals surface area (Å²) in [5, 5.41) is 0. The molecule has 5 rings (SSSR count). The standard InChI is InChI=1S/C27H37N/c1-2-3-4-11-18-27(24-12-7-5-8-13-24,25-14-9-6-10-15-25)22-26-21-23-16-19-28(26)20-17-23/h5-10,12-15,23,26H,2-4,11,16-22H2,1H3. The normalized spacial score (nSPS) is 24.4. The second-order valence-electron chi connectivity index (χ2n) is 9.20. The Morgan fingerprint density at radius 1 is 0.821 bits per heavy atom. The van der Waals surface area contributed by atoms with Crippen molar-refractivity contribution >= 4 is 0 Å². The molecule has 0 aromatic heterocycles. The highest BCUT2D eigenvalue weighted by Crippen LogP contribution is 2.45. The number of hydrogen-bond acceptors (Lipinski definition) is 1. The maximum atomic E-state index is 2.81. The van der Waals surface area contributed by atoms with Gasteiger partial charge in [0.25, 0.3) is 0 Å². The van der Waals surface area contributed by atoms with Gasteiger partial charge in [0.05, 0.1) is 0 Å². The Balaban J connectivity index is 1.69. The molecule has 0 amide bonds. The molecule has 0 aliphatic carbocycles. The van der Waals surface area contributed by atoms with E-state index < -0.39 is 0 Å². The summed E-state index contributed by atoms with van der Waals surface area (Å²) < 4.78 is 0. The number of nitrogens with zero attached hydrogens (tertiary/aromatic N) is 1. The predicted molar refractivity (Wildman–Crippen MR) is 120 cm³/mol. The van der Waals surface area contributed by atoms with Gasteiger partial charge < -0.3 is 4.90 Å². The van der Waals surface area contributed by atoms with Crippen molar-refractivity contribution in [2.75, 3.05) is 13.1 Å². The van der Waals surface area contributed by atoms with Crippen molar-refractivity contribution in [2.45, 2.75) is 76.2 Å². The topological polar surface area (TPSA) is 3.24 Å². The van der Waals surface area contributed by atoms with Crippen LogP contribution in [0.15, 0.2) is 60.7 Å². The van der Waals surface area contributed by atoms with Crippen LogP contribution in [0.5, 0.6) is 0 Å². The van der Waals surface area contributed by atoms with Crippen LogP contribution in [0.2, 0.25) is 0 Å². The van der Waals surface area contributed by atoms with E-state index in [0.29, 0.717) is 0 Å². The van der Waals surface area contributed by atoms with Crippen LogP contribution in [0.25, 0.3) is 0 Å². The molecular formula is C27H37N. The number of hydrogen-bond donors (Lipinski definition) is 0. The number of piperidine rings is 3. The van der Waals surface area contributed by atoms with Crippen molar-refractivity contribution in [2.24, 2.45) is 5.92 Å². The van der Waals surface area contributed by atoms with Crippen LogP contribution < -0.4 is 0 Å². The monoisotopic (exact) mass is 375 g/mol. The molecule has 28 heavy (non-hydrogen) atoms. The van der Waals surface area contributed by atoms with Gasteiger partial charge >= 0.3 is 0 Å². The Kier molecular flexibility index (Phi) is 6.52. The Morgan fingerprint density at radius 3 is 1.93 bits per heavy atom. The average molecular weight is 376 g/mol. The highest BCUT2D eigenvalue weighted by atomic mass is 15.2. The maximum absolute atomic E-state index is 2.81. The zero-order valence-corrected chi connectivity index (χ0v) is 17.7. The first kappa shape index (κ1) is 19.7. The average Bonchev–Trinajstić information content (AvgIpc) is 2.78. The molecule has 3 saturated heterocycles. The molecule has 3 heterocycles. The first-order chi connectivity index (χ1) is 13.8. The molecule has 1 unspecified atom stereocenters. The molecule has 3 fully saturated rings. The second-order valence-corrected chi connectivity index (χ2v) is 9.20. The van der Waals surface area contributed by atoms with E-state index in [9.17, 15) is 0 Å². The summed E-state index contributed by atoms with van der Waals surface area (Å²) in [5.74, 6) is 0.972. The summed E-state index contributed by atoms with van der Waals surface area (Å²) in [6.07, 6.45) is 12.2. The van der Waals surface area contributed by atoms with Crippen LogP contribution >= 0.6 is 0 Å². The van der Waals surface area contributed by atoms with Gasteiger partial charge in [0, 0.05) is 11.5 Å². The quantitative estimate of drug-likeness (QED) is 0.435. The largest absolute Gasteiger partial charge is 0.300 e. The minimum atomic E-state index is 0.151. The molecule has 0 radical (unpaired) electrons. The van der Waals surface area contributed by atoms with E-state index in [1.165, 1.54) is 82.0 Å². The van der Waals surface area contributed by atoms with Crippen molar-refractivity contribution in [1.29, 1.82) is 0 Å². The van der Waals surface area contributed by atoms with Gasteiger partial charge in [-0.2, -0.15) is 0 Å². The molecule has 0 spiro atoms. The highest BCUT2D eigenvalue weighted by molar-refractivity contribution is 5.39. The van der Waals surface area contributed by atoms with Crippen molar-refractivity contribution in [3.63, 3.8) is 0 Å². The third kappa shape index (κ3) is 4.20. The van der Waals surface area contributed by atoms with E-state index in [1.807, 2.05) is 0 Å². The maximum Gasteiger partial charge on any atom is 0.0217 e. The molecule has 1 nitrogen and oxygen atoms in total. The zero-order valence-electron chi connectivity index (χ0n) is 17.7. The smallest absolute Gasteiger partial charge is 0.0217 e. The van der Waals surface area contributed by atoms with Gasteiger partial charge in [-0.1, -0.05) is 93.3 Å². The first-order valence-electron chi connectivity index (χ1n) is 11.7. The first-order valence-corrected chi connectivity index (χ1v) is 11.7. The van der Waals surface area contributed by atoms with E-state index in [0.717, 1.165) is 12.0 Å². The Hall–Kier alpha value is -1.60. The van der Waals surface area contributed by atoms with Crippen molar-refractivity contribution < 1.29 is 0 Å². The highest BCUT2D eigenvalue weighted by Gasteiger charge is 2.41. The summed E-state index contributed by atoms with van der Waals surface area (Å²) in [6, 6.07) is 23.6. The summed E-state index contributed by atoms with van der Waals surface area (Å²) in [6.45, 7) is 4.96. The fourth-order valence-electron chi connectivity index (χ4n) is 5.86. The second kappa shape index (κ2) is 9.27. The third-order valence-corrected chi connectivity index (χ3v) is 7.46. The third-order valence-electron chi connectivity index (χ3n) is 7.46. The van der Waals surface area contributed by atoms with Crippen molar-refractivity contribution in [3.8, 4) is 0 Å². The van der Waals surface area contributed by atoms with E-state index >= 15 is 0 Å². The van der Waals surface area contributed by atoms with Gasteiger partial charge in [-0.3, -0.25) is 0 Å². The van der Waals surface area contributed by atoms with E-state index in [-0.39, 0.29) is 5.41 Å². The van der Waals surface area contributed by atoms with Gasteiger partial charge in [0.15, 0.2) is 0 Å². The van der Waals surface area contributed by atoms with E-state index in [2.05, 4.69) is 72.5 Å².